The molecule has 1 aliphatic carbocycles. The van der Waals surface area contributed by atoms with Crippen molar-refractivity contribution in [3.05, 3.63) is 12.2 Å². The average molecular weight is 291 g/mol. The van der Waals surface area contributed by atoms with E-state index in [1.54, 1.807) is 0 Å². The van der Waals surface area contributed by atoms with Crippen LogP contribution in [0.2, 0.25) is 0 Å². The third-order valence-electron chi connectivity index (χ3n) is 4.82. The van der Waals surface area contributed by atoms with Gasteiger partial charge in [-0.1, -0.05) is 12.8 Å². The highest BCUT2D eigenvalue weighted by Crippen LogP contribution is 2.32. The lowest BCUT2D eigenvalue weighted by molar-refractivity contribution is -0.124. The van der Waals surface area contributed by atoms with Gasteiger partial charge in [0.15, 0.2) is 0 Å². The van der Waals surface area contributed by atoms with Gasteiger partial charge in [0, 0.05) is 19.0 Å². The van der Waals surface area contributed by atoms with Gasteiger partial charge in [-0.2, -0.15) is 5.10 Å². The summed E-state index contributed by atoms with van der Waals surface area (Å²) in [6.07, 6.45) is 10.6. The standard InChI is InChI=1S/C15H25N5O/c21-15(16-9-3-6-14-17-10-18-20-14)13-8-7-11-4-1-2-5-12(11)19-13/h10-13,19H,1-9H2,(H,16,21)(H,17,18,20). The third-order valence-corrected chi connectivity index (χ3v) is 4.82. The topological polar surface area (TPSA) is 82.7 Å². The predicted octanol–water partition coefficient (Wildman–Crippen LogP) is 1.16. The van der Waals surface area contributed by atoms with Crippen molar-refractivity contribution in [3.63, 3.8) is 0 Å². The van der Waals surface area contributed by atoms with E-state index in [0.29, 0.717) is 12.6 Å². The SMILES string of the molecule is O=C(NCCCc1ncn[nH]1)C1CCC2CCCCC2N1. The fraction of sp³-hybridized carbons (Fsp3) is 0.800. The van der Waals surface area contributed by atoms with Crippen LogP contribution in [0.5, 0.6) is 0 Å². The second-order valence-electron chi connectivity index (χ2n) is 6.27. The van der Waals surface area contributed by atoms with Crippen LogP contribution in [-0.4, -0.2) is 39.7 Å². The molecule has 0 aromatic carbocycles. The summed E-state index contributed by atoms with van der Waals surface area (Å²) in [4.78, 5) is 16.3. The van der Waals surface area contributed by atoms with Gasteiger partial charge in [0.2, 0.25) is 5.91 Å². The average Bonchev–Trinajstić information content (AvgIpc) is 3.04. The summed E-state index contributed by atoms with van der Waals surface area (Å²) in [5, 5.41) is 13.3. The summed E-state index contributed by atoms with van der Waals surface area (Å²) >= 11 is 0. The number of piperidine rings is 1. The summed E-state index contributed by atoms with van der Waals surface area (Å²) in [6.45, 7) is 0.700. The highest BCUT2D eigenvalue weighted by molar-refractivity contribution is 5.81. The lowest BCUT2D eigenvalue weighted by Gasteiger charge is -2.39. The van der Waals surface area contributed by atoms with Gasteiger partial charge in [-0.3, -0.25) is 9.89 Å². The van der Waals surface area contributed by atoms with Crippen molar-refractivity contribution in [2.75, 3.05) is 6.54 Å². The molecule has 3 unspecified atom stereocenters. The Morgan fingerprint density at radius 3 is 3.05 bits per heavy atom. The first-order valence-electron chi connectivity index (χ1n) is 8.21. The van der Waals surface area contributed by atoms with Crippen LogP contribution in [0.1, 0.15) is 50.8 Å². The molecule has 6 heteroatoms. The number of aryl methyl sites for hydroxylation is 1. The van der Waals surface area contributed by atoms with E-state index in [2.05, 4.69) is 25.8 Å². The van der Waals surface area contributed by atoms with Gasteiger partial charge in [0.05, 0.1) is 6.04 Å². The molecule has 3 N–H and O–H groups in total. The molecule has 1 saturated carbocycles. The van der Waals surface area contributed by atoms with Crippen molar-refractivity contribution in [1.29, 1.82) is 0 Å². The molecular formula is C15H25N5O. The zero-order chi connectivity index (χ0) is 14.5. The predicted molar refractivity (Wildman–Crippen MR) is 79.6 cm³/mol. The molecule has 3 rings (SSSR count). The number of fused-ring (bicyclic) bond motifs is 1. The quantitative estimate of drug-likeness (QED) is 0.711. The first kappa shape index (κ1) is 14.5. The fourth-order valence-electron chi connectivity index (χ4n) is 3.64. The Morgan fingerprint density at radius 1 is 1.29 bits per heavy atom. The first-order valence-corrected chi connectivity index (χ1v) is 8.21. The van der Waals surface area contributed by atoms with Crippen molar-refractivity contribution < 1.29 is 4.79 Å². The number of hydrogen-bond donors (Lipinski definition) is 3. The molecular weight excluding hydrogens is 266 g/mol. The van der Waals surface area contributed by atoms with Gasteiger partial charge in [-0.05, 0) is 38.0 Å². The molecule has 1 aromatic rings. The molecule has 2 aliphatic rings. The number of carbonyl (C=O) groups excluding carboxylic acids is 1. The molecule has 1 amide bonds. The highest BCUT2D eigenvalue weighted by Gasteiger charge is 2.34. The minimum atomic E-state index is 0.00892. The third kappa shape index (κ3) is 3.81. The van der Waals surface area contributed by atoms with E-state index < -0.39 is 0 Å². The van der Waals surface area contributed by atoms with Crippen molar-refractivity contribution >= 4 is 5.91 Å². The summed E-state index contributed by atoms with van der Waals surface area (Å²) in [5.74, 6) is 1.84. The van der Waals surface area contributed by atoms with Crippen LogP contribution in [-0.2, 0) is 11.2 Å². The number of nitrogens with one attached hydrogen (secondary N) is 3. The molecule has 2 fully saturated rings. The van der Waals surface area contributed by atoms with Gasteiger partial charge in [0.25, 0.3) is 0 Å². The summed E-state index contributed by atoms with van der Waals surface area (Å²) in [5.41, 5.74) is 0. The van der Waals surface area contributed by atoms with Crippen LogP contribution in [0, 0.1) is 5.92 Å². The number of rotatable bonds is 5. The molecule has 116 valence electrons. The Morgan fingerprint density at radius 2 is 2.19 bits per heavy atom. The number of aromatic nitrogens is 3. The summed E-state index contributed by atoms with van der Waals surface area (Å²) in [6, 6.07) is 0.576. The van der Waals surface area contributed by atoms with Crippen molar-refractivity contribution in [2.24, 2.45) is 5.92 Å². The Labute approximate surface area is 125 Å². The zero-order valence-electron chi connectivity index (χ0n) is 12.5. The second kappa shape index (κ2) is 7.02. The van der Waals surface area contributed by atoms with Crippen LogP contribution in [0.25, 0.3) is 0 Å². The van der Waals surface area contributed by atoms with E-state index in [-0.39, 0.29) is 11.9 Å². The Hall–Kier alpha value is -1.43. The van der Waals surface area contributed by atoms with E-state index in [1.165, 1.54) is 38.4 Å². The van der Waals surface area contributed by atoms with Crippen LogP contribution in [0.4, 0.5) is 0 Å². The second-order valence-corrected chi connectivity index (χ2v) is 6.27. The van der Waals surface area contributed by atoms with E-state index in [0.717, 1.165) is 31.0 Å². The van der Waals surface area contributed by atoms with Crippen molar-refractivity contribution in [2.45, 2.75) is 63.5 Å². The molecule has 3 atom stereocenters. The van der Waals surface area contributed by atoms with E-state index >= 15 is 0 Å². The fourth-order valence-corrected chi connectivity index (χ4v) is 3.64. The van der Waals surface area contributed by atoms with Crippen molar-refractivity contribution in [3.8, 4) is 0 Å². The minimum Gasteiger partial charge on any atom is -0.355 e. The molecule has 1 aromatic heterocycles. The Kier molecular flexibility index (Phi) is 4.85. The van der Waals surface area contributed by atoms with Gasteiger partial charge < -0.3 is 10.6 Å². The van der Waals surface area contributed by atoms with Crippen molar-refractivity contribution in [1.82, 2.24) is 25.8 Å². The maximum Gasteiger partial charge on any atom is 0.237 e. The summed E-state index contributed by atoms with van der Waals surface area (Å²) in [7, 11) is 0. The van der Waals surface area contributed by atoms with Gasteiger partial charge >= 0.3 is 0 Å². The van der Waals surface area contributed by atoms with E-state index in [1.807, 2.05) is 0 Å². The number of carbonyl (C=O) groups is 1. The number of hydrogen-bond acceptors (Lipinski definition) is 4. The molecule has 2 heterocycles. The summed E-state index contributed by atoms with van der Waals surface area (Å²) < 4.78 is 0. The number of nitrogens with zero attached hydrogens (tertiary/aromatic N) is 2. The van der Waals surface area contributed by atoms with Crippen LogP contribution < -0.4 is 10.6 Å². The largest absolute Gasteiger partial charge is 0.355 e. The number of amides is 1. The lowest BCUT2D eigenvalue weighted by Crippen LogP contribution is -2.55. The first-order chi connectivity index (χ1) is 10.3. The molecule has 21 heavy (non-hydrogen) atoms. The van der Waals surface area contributed by atoms with Gasteiger partial charge in [-0.15, -0.1) is 0 Å². The maximum absolute atomic E-state index is 12.2. The van der Waals surface area contributed by atoms with Gasteiger partial charge in [-0.25, -0.2) is 4.98 Å². The normalized spacial score (nSPS) is 28.9. The number of H-pyrrole nitrogens is 1. The molecule has 1 saturated heterocycles. The van der Waals surface area contributed by atoms with Crippen LogP contribution >= 0.6 is 0 Å². The van der Waals surface area contributed by atoms with Gasteiger partial charge in [0.1, 0.15) is 12.2 Å². The Bertz CT molecular complexity index is 447. The zero-order valence-corrected chi connectivity index (χ0v) is 12.5. The monoisotopic (exact) mass is 291 g/mol. The van der Waals surface area contributed by atoms with Crippen LogP contribution in [0.15, 0.2) is 6.33 Å². The Balaban J connectivity index is 1.37. The minimum absolute atomic E-state index is 0.00892. The molecule has 6 nitrogen and oxygen atoms in total. The van der Waals surface area contributed by atoms with E-state index in [4.69, 9.17) is 0 Å². The van der Waals surface area contributed by atoms with Crippen LogP contribution in [0.3, 0.4) is 0 Å². The number of aromatic amines is 1. The molecule has 0 spiro atoms. The maximum atomic E-state index is 12.2. The highest BCUT2D eigenvalue weighted by atomic mass is 16.2. The molecule has 0 radical (unpaired) electrons. The molecule has 0 bridgehead atoms. The van der Waals surface area contributed by atoms with E-state index in [9.17, 15) is 4.79 Å². The lowest BCUT2D eigenvalue weighted by atomic mass is 9.77. The smallest absolute Gasteiger partial charge is 0.237 e. The molecule has 1 aliphatic heterocycles.